The van der Waals surface area contributed by atoms with E-state index in [4.69, 9.17) is 0 Å². The average molecular weight is 255 g/mol. The second kappa shape index (κ2) is 15.1. The molecule has 0 unspecified atom stereocenters. The fourth-order valence-electron chi connectivity index (χ4n) is 3.04. The molecule has 0 spiro atoms. The van der Waals surface area contributed by atoms with E-state index in [-0.39, 0.29) is 0 Å². The van der Waals surface area contributed by atoms with Crippen molar-refractivity contribution < 1.29 is 0 Å². The Kier molecular flexibility index (Phi) is 15.1. The molecule has 1 saturated carbocycles. The van der Waals surface area contributed by atoms with Crippen LogP contribution in [0, 0.1) is 5.92 Å². The monoisotopic (exact) mass is 254 g/mol. The highest BCUT2D eigenvalue weighted by Gasteiger charge is 2.12. The van der Waals surface area contributed by atoms with Gasteiger partial charge in [-0.3, -0.25) is 0 Å². The number of unbranched alkanes of at least 4 members (excludes halogenated alkanes) is 7. The summed E-state index contributed by atoms with van der Waals surface area (Å²) in [6.45, 7) is 6.30. The fourth-order valence-corrected chi connectivity index (χ4v) is 3.04. The third-order valence-electron chi connectivity index (χ3n) is 4.19. The van der Waals surface area contributed by atoms with Gasteiger partial charge in [-0.1, -0.05) is 111 Å². The van der Waals surface area contributed by atoms with Crippen LogP contribution in [0.3, 0.4) is 0 Å². The molecule has 110 valence electrons. The molecule has 0 amide bonds. The first kappa shape index (κ1) is 18.0. The van der Waals surface area contributed by atoms with E-state index < -0.39 is 0 Å². The minimum atomic E-state index is 1.11. The van der Waals surface area contributed by atoms with Crippen LogP contribution in [0.2, 0.25) is 0 Å². The van der Waals surface area contributed by atoms with Crippen molar-refractivity contribution in [2.45, 2.75) is 111 Å². The molecule has 0 atom stereocenters. The van der Waals surface area contributed by atoms with Crippen molar-refractivity contribution in [3.05, 3.63) is 0 Å². The minimum Gasteiger partial charge on any atom is -0.0683 e. The van der Waals surface area contributed by atoms with Crippen molar-refractivity contribution in [1.29, 1.82) is 0 Å². The smallest absolute Gasteiger partial charge is 0.0414 e. The van der Waals surface area contributed by atoms with Gasteiger partial charge < -0.3 is 0 Å². The van der Waals surface area contributed by atoms with E-state index in [2.05, 4.69) is 6.92 Å². The first-order valence-electron chi connectivity index (χ1n) is 8.93. The molecule has 0 nitrogen and oxygen atoms in total. The van der Waals surface area contributed by atoms with E-state index in [9.17, 15) is 0 Å². The van der Waals surface area contributed by atoms with Crippen molar-refractivity contribution in [1.82, 2.24) is 0 Å². The Morgan fingerprint density at radius 3 is 1.72 bits per heavy atom. The molecule has 1 rings (SSSR count). The van der Waals surface area contributed by atoms with E-state index in [1.165, 1.54) is 89.9 Å². The van der Waals surface area contributed by atoms with Gasteiger partial charge in [0.15, 0.2) is 0 Å². The van der Waals surface area contributed by atoms with Crippen LogP contribution in [0.4, 0.5) is 0 Å². The molecular formula is C18H38. The lowest BCUT2D eigenvalue weighted by atomic mass is 9.85. The van der Waals surface area contributed by atoms with Crippen LogP contribution in [0.1, 0.15) is 111 Å². The molecular weight excluding hydrogens is 216 g/mol. The summed E-state index contributed by atoms with van der Waals surface area (Å²) in [5.41, 5.74) is 0. The Balaban J connectivity index is 0.00000137. The third-order valence-corrected chi connectivity index (χ3v) is 4.19. The second-order valence-electron chi connectivity index (χ2n) is 5.77. The lowest BCUT2D eigenvalue weighted by Crippen LogP contribution is -2.05. The third kappa shape index (κ3) is 11.1. The molecule has 0 aromatic rings. The quantitative estimate of drug-likeness (QED) is 0.384. The van der Waals surface area contributed by atoms with Crippen molar-refractivity contribution in [2.75, 3.05) is 0 Å². The van der Waals surface area contributed by atoms with Gasteiger partial charge in [0, 0.05) is 0 Å². The van der Waals surface area contributed by atoms with E-state index in [0.29, 0.717) is 0 Å². The standard InChI is InChI=1S/C16H32.C2H6/c1-2-3-4-5-6-7-8-10-13-16-14-11-9-12-15-16;1-2/h16H,2-15H2,1H3;1-2H3. The zero-order valence-corrected chi connectivity index (χ0v) is 13.5. The van der Waals surface area contributed by atoms with Crippen LogP contribution in [0.25, 0.3) is 0 Å². The highest BCUT2D eigenvalue weighted by Crippen LogP contribution is 2.28. The average Bonchev–Trinajstić information content (AvgIpc) is 2.45. The molecule has 0 radical (unpaired) electrons. The number of hydrogen-bond donors (Lipinski definition) is 0. The maximum absolute atomic E-state index is 2.30. The highest BCUT2D eigenvalue weighted by molar-refractivity contribution is 4.65. The molecule has 0 heterocycles. The summed E-state index contributed by atoms with van der Waals surface area (Å²) in [6.07, 6.45) is 20.9. The number of rotatable bonds is 9. The molecule has 1 aliphatic rings. The Labute approximate surface area is 117 Å². The van der Waals surface area contributed by atoms with E-state index in [1.807, 2.05) is 13.8 Å². The zero-order valence-electron chi connectivity index (χ0n) is 13.5. The molecule has 0 saturated heterocycles. The van der Waals surface area contributed by atoms with Gasteiger partial charge in [-0.2, -0.15) is 0 Å². The zero-order chi connectivity index (χ0) is 13.5. The van der Waals surface area contributed by atoms with Crippen LogP contribution in [0.5, 0.6) is 0 Å². The molecule has 0 N–H and O–H groups in total. The van der Waals surface area contributed by atoms with Crippen LogP contribution in [0.15, 0.2) is 0 Å². The fraction of sp³-hybridized carbons (Fsp3) is 1.00. The Bertz CT molecular complexity index is 133. The van der Waals surface area contributed by atoms with E-state index >= 15 is 0 Å². The Morgan fingerprint density at radius 1 is 0.667 bits per heavy atom. The lowest BCUT2D eigenvalue weighted by Gasteiger charge is -2.21. The van der Waals surface area contributed by atoms with Gasteiger partial charge in [0.1, 0.15) is 0 Å². The normalized spacial score (nSPS) is 16.2. The van der Waals surface area contributed by atoms with Gasteiger partial charge in [-0.05, 0) is 5.92 Å². The summed E-state index contributed by atoms with van der Waals surface area (Å²) in [5, 5.41) is 0. The predicted octanol–water partition coefficient (Wildman–Crippen LogP) is 7.12. The Hall–Kier alpha value is 0. The summed E-state index contributed by atoms with van der Waals surface area (Å²) in [6, 6.07) is 0. The van der Waals surface area contributed by atoms with E-state index in [0.717, 1.165) is 5.92 Å². The van der Waals surface area contributed by atoms with Crippen LogP contribution >= 0.6 is 0 Å². The molecule has 0 heteroatoms. The van der Waals surface area contributed by atoms with Crippen molar-refractivity contribution in [3.63, 3.8) is 0 Å². The summed E-state index contributed by atoms with van der Waals surface area (Å²) in [5.74, 6) is 1.11. The number of hydrogen-bond acceptors (Lipinski definition) is 0. The van der Waals surface area contributed by atoms with E-state index in [1.54, 1.807) is 0 Å². The van der Waals surface area contributed by atoms with Crippen molar-refractivity contribution in [2.24, 2.45) is 5.92 Å². The summed E-state index contributed by atoms with van der Waals surface area (Å²) in [4.78, 5) is 0. The molecule has 0 aliphatic heterocycles. The van der Waals surface area contributed by atoms with Crippen molar-refractivity contribution in [3.8, 4) is 0 Å². The topological polar surface area (TPSA) is 0 Å². The predicted molar refractivity (Wildman–Crippen MR) is 85.2 cm³/mol. The van der Waals surface area contributed by atoms with Gasteiger partial charge in [0.25, 0.3) is 0 Å². The minimum absolute atomic E-state index is 1.11. The first-order chi connectivity index (χ1) is 8.93. The van der Waals surface area contributed by atoms with Crippen molar-refractivity contribution >= 4 is 0 Å². The van der Waals surface area contributed by atoms with Gasteiger partial charge >= 0.3 is 0 Å². The van der Waals surface area contributed by atoms with Gasteiger partial charge in [-0.15, -0.1) is 0 Å². The molecule has 0 aromatic carbocycles. The maximum atomic E-state index is 2.30. The van der Waals surface area contributed by atoms with Gasteiger partial charge in [0.05, 0.1) is 0 Å². The molecule has 1 fully saturated rings. The Morgan fingerprint density at radius 2 is 1.17 bits per heavy atom. The summed E-state index contributed by atoms with van der Waals surface area (Å²) < 4.78 is 0. The summed E-state index contributed by atoms with van der Waals surface area (Å²) >= 11 is 0. The molecule has 0 aromatic heterocycles. The molecule has 18 heavy (non-hydrogen) atoms. The van der Waals surface area contributed by atoms with Crippen LogP contribution < -0.4 is 0 Å². The largest absolute Gasteiger partial charge is 0.0683 e. The first-order valence-corrected chi connectivity index (χ1v) is 8.93. The second-order valence-corrected chi connectivity index (χ2v) is 5.77. The van der Waals surface area contributed by atoms with Crippen LogP contribution in [-0.2, 0) is 0 Å². The van der Waals surface area contributed by atoms with Gasteiger partial charge in [0.2, 0.25) is 0 Å². The maximum Gasteiger partial charge on any atom is -0.0414 e. The molecule has 0 bridgehead atoms. The van der Waals surface area contributed by atoms with Gasteiger partial charge in [-0.25, -0.2) is 0 Å². The van der Waals surface area contributed by atoms with Crippen LogP contribution in [-0.4, -0.2) is 0 Å². The SMILES string of the molecule is CC.CCCCCCCCCCC1CCCCC1. The lowest BCUT2D eigenvalue weighted by molar-refractivity contribution is 0.328. The molecule has 1 aliphatic carbocycles. The highest BCUT2D eigenvalue weighted by atomic mass is 14.2. The summed E-state index contributed by atoms with van der Waals surface area (Å²) in [7, 11) is 0.